The molecule has 29 heavy (non-hydrogen) atoms. The first-order valence-electron chi connectivity index (χ1n) is 8.31. The van der Waals surface area contributed by atoms with Crippen molar-refractivity contribution in [3.8, 4) is 17.2 Å². The fraction of sp³-hybridized carbons (Fsp3) is 0.158. The number of aromatic nitrogens is 1. The number of hydrogen-bond acceptors (Lipinski definition) is 5. The third-order valence-corrected chi connectivity index (χ3v) is 5.10. The van der Waals surface area contributed by atoms with E-state index in [0.29, 0.717) is 31.4 Å². The molecule has 0 radical (unpaired) electrons. The van der Waals surface area contributed by atoms with Gasteiger partial charge in [-0.05, 0) is 35.4 Å². The van der Waals surface area contributed by atoms with Crippen LogP contribution in [0.5, 0.6) is 0 Å². The van der Waals surface area contributed by atoms with Gasteiger partial charge in [0.05, 0.1) is 28.8 Å². The van der Waals surface area contributed by atoms with Gasteiger partial charge in [0, 0.05) is 6.07 Å². The molecule has 0 bridgehead atoms. The summed E-state index contributed by atoms with van der Waals surface area (Å²) in [5.41, 5.74) is 1.34. The second-order valence-corrected chi connectivity index (χ2v) is 7.48. The molecule has 0 spiro atoms. The Balaban J connectivity index is 1.76. The maximum absolute atomic E-state index is 13.5. The van der Waals surface area contributed by atoms with E-state index in [-0.39, 0.29) is 19.5 Å². The smallest absolute Gasteiger partial charge is 0.240 e. The molecule has 6 nitrogen and oxygen atoms in total. The Morgan fingerprint density at radius 2 is 1.76 bits per heavy atom. The van der Waals surface area contributed by atoms with Crippen LogP contribution in [0.15, 0.2) is 30.3 Å². The van der Waals surface area contributed by atoms with Crippen LogP contribution in [0, 0.1) is 23.0 Å². The van der Waals surface area contributed by atoms with Crippen molar-refractivity contribution in [3.05, 3.63) is 52.0 Å². The van der Waals surface area contributed by atoms with Crippen LogP contribution in [0.4, 0.5) is 8.78 Å². The largest absolute Gasteiger partial charge is 0.347 e. The van der Waals surface area contributed by atoms with Crippen LogP contribution in [0.1, 0.15) is 5.01 Å². The fourth-order valence-corrected chi connectivity index (χ4v) is 3.93. The first-order chi connectivity index (χ1) is 13.9. The van der Waals surface area contributed by atoms with Crippen LogP contribution in [0.25, 0.3) is 21.3 Å². The molecule has 1 aromatic heterocycles. The Bertz CT molecular complexity index is 1120. The van der Waals surface area contributed by atoms with E-state index in [1.807, 2.05) is 0 Å². The molecular formula is C19H13ClF2N4O2S. The summed E-state index contributed by atoms with van der Waals surface area (Å²) in [6, 6.07) is 8.21. The summed E-state index contributed by atoms with van der Waals surface area (Å²) in [5, 5.41) is 13.9. The predicted molar refractivity (Wildman–Crippen MR) is 105 cm³/mol. The van der Waals surface area contributed by atoms with Crippen molar-refractivity contribution in [1.82, 2.24) is 15.6 Å². The number of fused-ring (bicyclic) bond motifs is 1. The van der Waals surface area contributed by atoms with E-state index in [0.717, 1.165) is 6.07 Å². The lowest BCUT2D eigenvalue weighted by atomic mass is 10.1. The maximum atomic E-state index is 13.5. The summed E-state index contributed by atoms with van der Waals surface area (Å²) in [5.74, 6) is -2.28. The number of thiazole rings is 1. The van der Waals surface area contributed by atoms with Gasteiger partial charge >= 0.3 is 0 Å². The second-order valence-electron chi connectivity index (χ2n) is 5.96. The molecule has 0 unspecified atom stereocenters. The lowest BCUT2D eigenvalue weighted by Gasteiger charge is -2.04. The van der Waals surface area contributed by atoms with Crippen molar-refractivity contribution in [1.29, 1.82) is 5.26 Å². The highest BCUT2D eigenvalue weighted by atomic mass is 35.5. The SMILES string of the molecule is N#CCNC(=O)CNC(=O)Cc1nc2c(Cl)cc(-c3cc(F)cc(F)c3)cc2s1. The molecule has 0 aliphatic carbocycles. The summed E-state index contributed by atoms with van der Waals surface area (Å²) in [6.07, 6.45) is -0.0644. The van der Waals surface area contributed by atoms with Gasteiger partial charge in [0.25, 0.3) is 0 Å². The van der Waals surface area contributed by atoms with E-state index >= 15 is 0 Å². The van der Waals surface area contributed by atoms with Crippen molar-refractivity contribution in [2.75, 3.05) is 13.1 Å². The minimum atomic E-state index is -0.698. The lowest BCUT2D eigenvalue weighted by Crippen LogP contribution is -2.37. The van der Waals surface area contributed by atoms with Gasteiger partial charge in [-0.1, -0.05) is 11.6 Å². The Hall–Kier alpha value is -3.09. The molecule has 0 saturated carbocycles. The Morgan fingerprint density at radius 3 is 2.45 bits per heavy atom. The van der Waals surface area contributed by atoms with Crippen LogP contribution in [-0.4, -0.2) is 29.9 Å². The summed E-state index contributed by atoms with van der Waals surface area (Å²) in [4.78, 5) is 27.7. The van der Waals surface area contributed by atoms with Crippen molar-refractivity contribution < 1.29 is 18.4 Å². The lowest BCUT2D eigenvalue weighted by molar-refractivity contribution is -0.125. The quantitative estimate of drug-likeness (QED) is 0.582. The van der Waals surface area contributed by atoms with Crippen LogP contribution in [-0.2, 0) is 16.0 Å². The normalized spacial score (nSPS) is 10.6. The van der Waals surface area contributed by atoms with Crippen LogP contribution in [0.2, 0.25) is 5.02 Å². The minimum Gasteiger partial charge on any atom is -0.347 e. The van der Waals surface area contributed by atoms with Crippen molar-refractivity contribution in [2.45, 2.75) is 6.42 Å². The summed E-state index contributed by atoms with van der Waals surface area (Å²) >= 11 is 7.49. The van der Waals surface area contributed by atoms with Gasteiger partial charge in [0.2, 0.25) is 11.8 Å². The zero-order chi connectivity index (χ0) is 21.0. The molecular weight excluding hydrogens is 422 g/mol. The molecule has 3 aromatic rings. The second kappa shape index (κ2) is 8.94. The number of halogens is 3. The Kier molecular flexibility index (Phi) is 6.36. The maximum Gasteiger partial charge on any atom is 0.240 e. The molecule has 0 fully saturated rings. The highest BCUT2D eigenvalue weighted by molar-refractivity contribution is 7.18. The molecule has 1 heterocycles. The summed E-state index contributed by atoms with van der Waals surface area (Å²) in [6.45, 7) is -0.385. The van der Waals surface area contributed by atoms with Gasteiger partial charge in [-0.3, -0.25) is 9.59 Å². The molecule has 2 amide bonds. The third-order valence-electron chi connectivity index (χ3n) is 3.81. The van der Waals surface area contributed by atoms with E-state index in [1.165, 1.54) is 23.5 Å². The van der Waals surface area contributed by atoms with E-state index in [9.17, 15) is 18.4 Å². The number of rotatable bonds is 6. The zero-order valence-electron chi connectivity index (χ0n) is 14.8. The summed E-state index contributed by atoms with van der Waals surface area (Å²) in [7, 11) is 0. The average Bonchev–Trinajstić information content (AvgIpc) is 3.07. The number of hydrogen-bond donors (Lipinski definition) is 2. The number of carbonyl (C=O) groups is 2. The Labute approximate surface area is 173 Å². The van der Waals surface area contributed by atoms with E-state index < -0.39 is 23.4 Å². The molecule has 3 rings (SSSR count). The Morgan fingerprint density at radius 1 is 1.07 bits per heavy atom. The van der Waals surface area contributed by atoms with E-state index in [2.05, 4.69) is 15.6 Å². The monoisotopic (exact) mass is 434 g/mol. The van der Waals surface area contributed by atoms with Crippen LogP contribution >= 0.6 is 22.9 Å². The van der Waals surface area contributed by atoms with Crippen molar-refractivity contribution in [2.24, 2.45) is 0 Å². The topological polar surface area (TPSA) is 94.9 Å². The number of amides is 2. The number of carbonyl (C=O) groups excluding carboxylic acids is 2. The minimum absolute atomic E-state index is 0.0644. The van der Waals surface area contributed by atoms with E-state index in [1.54, 1.807) is 18.2 Å². The zero-order valence-corrected chi connectivity index (χ0v) is 16.3. The number of benzene rings is 2. The van der Waals surface area contributed by atoms with Crippen molar-refractivity contribution >= 4 is 45.0 Å². The van der Waals surface area contributed by atoms with Crippen LogP contribution in [0.3, 0.4) is 0 Å². The van der Waals surface area contributed by atoms with Gasteiger partial charge in [-0.25, -0.2) is 13.8 Å². The van der Waals surface area contributed by atoms with Gasteiger partial charge < -0.3 is 10.6 Å². The van der Waals surface area contributed by atoms with Crippen LogP contribution < -0.4 is 10.6 Å². The molecule has 0 aliphatic heterocycles. The fourth-order valence-electron chi connectivity index (χ4n) is 2.58. The number of nitrogens with one attached hydrogen (secondary N) is 2. The summed E-state index contributed by atoms with van der Waals surface area (Å²) < 4.78 is 27.7. The van der Waals surface area contributed by atoms with Gasteiger partial charge in [-0.15, -0.1) is 11.3 Å². The molecule has 0 aliphatic rings. The molecule has 2 aromatic carbocycles. The molecule has 10 heteroatoms. The van der Waals surface area contributed by atoms with Gasteiger partial charge in [0.1, 0.15) is 28.7 Å². The van der Waals surface area contributed by atoms with Gasteiger partial charge in [-0.2, -0.15) is 5.26 Å². The highest BCUT2D eigenvalue weighted by Crippen LogP contribution is 2.34. The molecule has 148 valence electrons. The first kappa shape index (κ1) is 20.6. The van der Waals surface area contributed by atoms with Crippen molar-refractivity contribution in [3.63, 3.8) is 0 Å². The first-order valence-corrected chi connectivity index (χ1v) is 9.51. The molecule has 2 N–H and O–H groups in total. The predicted octanol–water partition coefficient (Wildman–Crippen LogP) is 3.19. The number of nitrogens with zero attached hydrogens (tertiary/aromatic N) is 2. The van der Waals surface area contributed by atoms with E-state index in [4.69, 9.17) is 16.9 Å². The van der Waals surface area contributed by atoms with Gasteiger partial charge in [0.15, 0.2) is 0 Å². The third kappa shape index (κ3) is 5.25. The molecule has 0 saturated heterocycles. The number of nitriles is 1. The average molecular weight is 435 g/mol. The highest BCUT2D eigenvalue weighted by Gasteiger charge is 2.14. The molecule has 0 atom stereocenters. The standard InChI is InChI=1S/C19H13ClF2N4O2S/c20-14-5-11(10-3-12(21)7-13(22)4-10)6-15-19(14)26-18(29-15)8-16(27)25-9-17(28)24-2-1-23/h3-7H,2,8-9H2,(H,24,28)(H,25,27).